The summed E-state index contributed by atoms with van der Waals surface area (Å²) in [5.41, 5.74) is 1.49. The van der Waals surface area contributed by atoms with E-state index in [1.807, 2.05) is 19.1 Å². The molecule has 2 aromatic carbocycles. The van der Waals surface area contributed by atoms with Gasteiger partial charge in [0, 0.05) is 11.7 Å². The summed E-state index contributed by atoms with van der Waals surface area (Å²) < 4.78 is 32.7. The first-order valence-corrected chi connectivity index (χ1v) is 12.0. The summed E-state index contributed by atoms with van der Waals surface area (Å²) in [6.07, 6.45) is 1.22. The van der Waals surface area contributed by atoms with Crippen LogP contribution in [0.4, 0.5) is 5.69 Å². The lowest BCUT2D eigenvalue weighted by Gasteiger charge is -2.15. The highest BCUT2D eigenvalue weighted by Gasteiger charge is 2.31. The van der Waals surface area contributed by atoms with Gasteiger partial charge in [-0.15, -0.1) is 0 Å². The quantitative estimate of drug-likeness (QED) is 0.547. The van der Waals surface area contributed by atoms with Gasteiger partial charge >= 0.3 is 5.97 Å². The van der Waals surface area contributed by atoms with Crippen molar-refractivity contribution < 1.29 is 22.7 Å². The molecule has 1 atom stereocenters. The summed E-state index contributed by atoms with van der Waals surface area (Å²) >= 11 is 12.1. The van der Waals surface area contributed by atoms with E-state index in [1.54, 1.807) is 12.1 Å². The Morgan fingerprint density at radius 1 is 1.13 bits per heavy atom. The van der Waals surface area contributed by atoms with Crippen molar-refractivity contribution in [3.8, 4) is 0 Å². The lowest BCUT2D eigenvalue weighted by molar-refractivity contribution is -0.123. The predicted molar refractivity (Wildman–Crippen MR) is 119 cm³/mol. The Bertz CT molecular complexity index is 1100. The zero-order chi connectivity index (χ0) is 22.8. The first-order chi connectivity index (χ1) is 14.6. The summed E-state index contributed by atoms with van der Waals surface area (Å²) in [6.45, 7) is 3.43. The molecule has 7 nitrogen and oxygen atoms in total. The number of benzene rings is 2. The molecule has 1 fully saturated rings. The van der Waals surface area contributed by atoms with Crippen LogP contribution >= 0.6 is 23.2 Å². The Morgan fingerprint density at radius 3 is 2.35 bits per heavy atom. The molecular formula is C21H22Cl2N2O5S. The number of aryl methyl sites for hydroxylation is 1. The average Bonchev–Trinajstić information content (AvgIpc) is 3.51. The number of anilines is 1. The lowest BCUT2D eigenvalue weighted by Crippen LogP contribution is -2.30. The van der Waals surface area contributed by atoms with Gasteiger partial charge in [0.15, 0.2) is 6.10 Å². The van der Waals surface area contributed by atoms with Crippen LogP contribution in [0.2, 0.25) is 10.0 Å². The van der Waals surface area contributed by atoms with Gasteiger partial charge < -0.3 is 10.1 Å². The molecule has 0 radical (unpaired) electrons. The van der Waals surface area contributed by atoms with Crippen LogP contribution in [0.25, 0.3) is 0 Å². The van der Waals surface area contributed by atoms with Crippen LogP contribution in [-0.2, 0) is 26.0 Å². The van der Waals surface area contributed by atoms with E-state index in [-0.39, 0.29) is 26.5 Å². The minimum atomic E-state index is -3.92. The first kappa shape index (κ1) is 23.5. The molecule has 0 saturated heterocycles. The molecule has 2 N–H and O–H groups in total. The largest absolute Gasteiger partial charge is 0.449 e. The highest BCUT2D eigenvalue weighted by Crippen LogP contribution is 2.31. The highest BCUT2D eigenvalue weighted by atomic mass is 35.5. The van der Waals surface area contributed by atoms with Crippen molar-refractivity contribution in [3.63, 3.8) is 0 Å². The monoisotopic (exact) mass is 484 g/mol. The number of hydrogen-bond donors (Lipinski definition) is 2. The summed E-state index contributed by atoms with van der Waals surface area (Å²) in [5, 5.41) is 2.47. The second-order valence-electron chi connectivity index (χ2n) is 7.25. The van der Waals surface area contributed by atoms with Gasteiger partial charge in [0.2, 0.25) is 10.0 Å². The molecule has 10 heteroatoms. The standard InChI is InChI=1S/C21H22Cl2N2O5S/c1-3-13-4-6-14(7-5-13)24-20(26)12(2)30-21(27)16-10-19(18(23)11-17(16)22)31(28,29)25-15-8-9-15/h4-7,10-12,15,25H,3,8-9H2,1-2H3,(H,24,26). The van der Waals surface area contributed by atoms with Crippen molar-refractivity contribution >= 4 is 50.8 Å². The summed E-state index contributed by atoms with van der Waals surface area (Å²) in [6, 6.07) is 9.38. The number of sulfonamides is 1. The molecule has 166 valence electrons. The number of halogens is 2. The SMILES string of the molecule is CCc1ccc(NC(=O)C(C)OC(=O)c2cc(S(=O)(=O)NC3CC3)c(Cl)cc2Cl)cc1. The van der Waals surface area contributed by atoms with Gasteiger partial charge in [-0.1, -0.05) is 42.3 Å². The van der Waals surface area contributed by atoms with Crippen LogP contribution in [0.15, 0.2) is 41.3 Å². The number of carbonyl (C=O) groups excluding carboxylic acids is 2. The van der Waals surface area contributed by atoms with E-state index in [9.17, 15) is 18.0 Å². The Balaban J connectivity index is 1.72. The van der Waals surface area contributed by atoms with Gasteiger partial charge in [-0.3, -0.25) is 4.79 Å². The van der Waals surface area contributed by atoms with Crippen molar-refractivity contribution in [3.05, 3.63) is 57.6 Å². The van der Waals surface area contributed by atoms with Crippen LogP contribution in [0.3, 0.4) is 0 Å². The number of esters is 1. The third kappa shape index (κ3) is 5.98. The maximum Gasteiger partial charge on any atom is 0.340 e. The fourth-order valence-corrected chi connectivity index (χ4v) is 4.88. The second kappa shape index (κ2) is 9.56. The second-order valence-corrected chi connectivity index (χ2v) is 9.74. The number of nitrogens with one attached hydrogen (secondary N) is 2. The molecule has 31 heavy (non-hydrogen) atoms. The van der Waals surface area contributed by atoms with Crippen LogP contribution in [-0.4, -0.2) is 32.4 Å². The zero-order valence-electron chi connectivity index (χ0n) is 16.9. The van der Waals surface area contributed by atoms with E-state index in [0.29, 0.717) is 5.69 Å². The van der Waals surface area contributed by atoms with Gasteiger partial charge in [-0.2, -0.15) is 0 Å². The Hall–Kier alpha value is -2.13. The number of rotatable bonds is 8. The van der Waals surface area contributed by atoms with Crippen LogP contribution < -0.4 is 10.0 Å². The summed E-state index contributed by atoms with van der Waals surface area (Å²) in [4.78, 5) is 24.7. The van der Waals surface area contributed by atoms with E-state index in [4.69, 9.17) is 27.9 Å². The molecule has 0 aromatic heterocycles. The number of amides is 1. The van der Waals surface area contributed by atoms with E-state index in [1.165, 1.54) is 13.0 Å². The van der Waals surface area contributed by atoms with Gasteiger partial charge in [0.05, 0.1) is 15.6 Å². The third-order valence-corrected chi connectivity index (χ3v) is 7.01. The zero-order valence-corrected chi connectivity index (χ0v) is 19.3. The number of hydrogen-bond acceptors (Lipinski definition) is 5. The molecule has 1 aliphatic carbocycles. The Labute approximate surface area is 191 Å². The van der Waals surface area contributed by atoms with Crippen molar-refractivity contribution in [2.75, 3.05) is 5.32 Å². The average molecular weight is 485 g/mol. The molecule has 1 saturated carbocycles. The van der Waals surface area contributed by atoms with Crippen LogP contribution in [0.1, 0.15) is 42.6 Å². The Kier molecular flexibility index (Phi) is 7.26. The smallest absolute Gasteiger partial charge is 0.340 e. The molecular weight excluding hydrogens is 463 g/mol. The van der Waals surface area contributed by atoms with Gasteiger partial charge in [-0.05, 0) is 56.0 Å². The minimum Gasteiger partial charge on any atom is -0.449 e. The number of ether oxygens (including phenoxy) is 1. The predicted octanol–water partition coefficient (Wildman–Crippen LogP) is 4.18. The molecule has 1 unspecified atom stereocenters. The van der Waals surface area contributed by atoms with Crippen LogP contribution in [0, 0.1) is 0 Å². The minimum absolute atomic E-state index is 0.0804. The van der Waals surface area contributed by atoms with E-state index >= 15 is 0 Å². The van der Waals surface area contributed by atoms with Crippen molar-refractivity contribution in [1.29, 1.82) is 0 Å². The molecule has 0 spiro atoms. The van der Waals surface area contributed by atoms with E-state index in [2.05, 4.69) is 10.0 Å². The third-order valence-electron chi connectivity index (χ3n) is 4.71. The van der Waals surface area contributed by atoms with Crippen LogP contribution in [0.5, 0.6) is 0 Å². The molecule has 0 aliphatic heterocycles. The fraction of sp³-hybridized carbons (Fsp3) is 0.333. The van der Waals surface area contributed by atoms with E-state index < -0.39 is 28.0 Å². The molecule has 2 aromatic rings. The summed E-state index contributed by atoms with van der Waals surface area (Å²) in [7, 11) is -3.92. The first-order valence-electron chi connectivity index (χ1n) is 9.73. The molecule has 3 rings (SSSR count). The lowest BCUT2D eigenvalue weighted by atomic mass is 10.1. The van der Waals surface area contributed by atoms with Crippen molar-refractivity contribution in [1.82, 2.24) is 4.72 Å². The maximum absolute atomic E-state index is 12.6. The molecule has 0 heterocycles. The fourth-order valence-electron chi connectivity index (χ4n) is 2.72. The van der Waals surface area contributed by atoms with Crippen molar-refractivity contribution in [2.24, 2.45) is 0 Å². The molecule has 1 aliphatic rings. The normalized spacial score (nSPS) is 14.7. The van der Waals surface area contributed by atoms with Gasteiger partial charge in [0.1, 0.15) is 4.90 Å². The maximum atomic E-state index is 12.6. The van der Waals surface area contributed by atoms with E-state index in [0.717, 1.165) is 30.9 Å². The van der Waals surface area contributed by atoms with Crippen molar-refractivity contribution in [2.45, 2.75) is 50.2 Å². The topological polar surface area (TPSA) is 102 Å². The molecule has 1 amide bonds. The van der Waals surface area contributed by atoms with Gasteiger partial charge in [-0.25, -0.2) is 17.9 Å². The number of carbonyl (C=O) groups is 2. The highest BCUT2D eigenvalue weighted by molar-refractivity contribution is 7.89. The van der Waals surface area contributed by atoms with Gasteiger partial charge in [0.25, 0.3) is 5.91 Å². The summed E-state index contributed by atoms with van der Waals surface area (Å²) in [5.74, 6) is -1.47. The molecule has 0 bridgehead atoms. The Morgan fingerprint density at radius 2 is 1.77 bits per heavy atom.